The van der Waals surface area contributed by atoms with Crippen molar-refractivity contribution in [2.45, 2.75) is 5.92 Å². The van der Waals surface area contributed by atoms with Crippen LogP contribution in [0.15, 0.2) is 47.0 Å². The molecular weight excluding hydrogens is 391 g/mol. The fraction of sp³-hybridized carbons (Fsp3) is 0.190. The van der Waals surface area contributed by atoms with Gasteiger partial charge in [-0.1, -0.05) is 17.3 Å². The molecule has 30 heavy (non-hydrogen) atoms. The van der Waals surface area contributed by atoms with Crippen molar-refractivity contribution in [2.75, 3.05) is 25.1 Å². The van der Waals surface area contributed by atoms with Crippen molar-refractivity contribution in [1.82, 2.24) is 15.1 Å². The second-order valence-corrected chi connectivity index (χ2v) is 7.11. The number of nitrogens with one attached hydrogen (secondary N) is 1. The number of H-pyrrole nitrogens is 1. The molecule has 0 bridgehead atoms. The summed E-state index contributed by atoms with van der Waals surface area (Å²) < 4.78 is 24.0. The Labute approximate surface area is 169 Å². The second-order valence-electron chi connectivity index (χ2n) is 7.11. The smallest absolute Gasteiger partial charge is 0.343 e. The lowest BCUT2D eigenvalue weighted by Gasteiger charge is -2.38. The van der Waals surface area contributed by atoms with Gasteiger partial charge in [-0.3, -0.25) is 0 Å². The Morgan fingerprint density at radius 2 is 2.10 bits per heavy atom. The maximum atomic E-state index is 13.7. The molecule has 4 aromatic rings. The minimum Gasteiger partial charge on any atom is -0.494 e. The van der Waals surface area contributed by atoms with Gasteiger partial charge in [0, 0.05) is 18.7 Å². The van der Waals surface area contributed by atoms with Gasteiger partial charge in [0.2, 0.25) is 0 Å². The summed E-state index contributed by atoms with van der Waals surface area (Å²) in [5.41, 5.74) is 2.17. The van der Waals surface area contributed by atoms with Gasteiger partial charge >= 0.3 is 5.97 Å². The Kier molecular flexibility index (Phi) is 4.16. The molecule has 0 amide bonds. The summed E-state index contributed by atoms with van der Waals surface area (Å²) >= 11 is 0. The molecule has 1 fully saturated rings. The first-order valence-electron chi connectivity index (χ1n) is 9.31. The number of imidazole rings is 1. The lowest BCUT2D eigenvalue weighted by atomic mass is 9.98. The molecule has 0 aliphatic carbocycles. The van der Waals surface area contributed by atoms with Gasteiger partial charge in [0.15, 0.2) is 28.7 Å². The zero-order chi connectivity index (χ0) is 20.8. The van der Waals surface area contributed by atoms with Crippen LogP contribution in [-0.2, 0) is 0 Å². The predicted molar refractivity (Wildman–Crippen MR) is 106 cm³/mol. The summed E-state index contributed by atoms with van der Waals surface area (Å²) in [4.78, 5) is 21.7. The highest BCUT2D eigenvalue weighted by molar-refractivity contribution is 5.99. The predicted octanol–water partition coefficient (Wildman–Crippen LogP) is 3.67. The molecule has 1 aliphatic rings. The Bertz CT molecular complexity index is 1230. The molecule has 1 saturated heterocycles. The van der Waals surface area contributed by atoms with Crippen LogP contribution in [0.3, 0.4) is 0 Å². The first kappa shape index (κ1) is 18.2. The van der Waals surface area contributed by atoms with Gasteiger partial charge in [-0.05, 0) is 30.3 Å². The number of aromatic amines is 1. The van der Waals surface area contributed by atoms with Gasteiger partial charge in [-0.15, -0.1) is 0 Å². The molecule has 0 unspecified atom stereocenters. The fourth-order valence-electron chi connectivity index (χ4n) is 3.68. The largest absolute Gasteiger partial charge is 0.494 e. The number of carbonyl (C=O) groups is 1. The van der Waals surface area contributed by atoms with Crippen molar-refractivity contribution in [3.8, 4) is 17.1 Å². The van der Waals surface area contributed by atoms with Crippen LogP contribution in [-0.4, -0.2) is 46.4 Å². The summed E-state index contributed by atoms with van der Waals surface area (Å²) in [5, 5.41) is 13.8. The van der Waals surface area contributed by atoms with Crippen LogP contribution in [0.1, 0.15) is 22.1 Å². The molecule has 8 nitrogen and oxygen atoms in total. The van der Waals surface area contributed by atoms with Crippen molar-refractivity contribution >= 4 is 22.8 Å². The number of anilines is 1. The molecule has 152 valence electrons. The lowest BCUT2D eigenvalue weighted by Crippen LogP contribution is -2.46. The highest BCUT2D eigenvalue weighted by atomic mass is 19.1. The van der Waals surface area contributed by atoms with E-state index >= 15 is 0 Å². The van der Waals surface area contributed by atoms with E-state index in [0.29, 0.717) is 18.7 Å². The van der Waals surface area contributed by atoms with E-state index in [0.717, 1.165) is 16.9 Å². The van der Waals surface area contributed by atoms with Crippen molar-refractivity contribution in [3.05, 3.63) is 59.7 Å². The number of benzene rings is 2. The first-order chi connectivity index (χ1) is 14.5. The topological polar surface area (TPSA) is 104 Å². The average Bonchev–Trinajstić information content (AvgIpc) is 3.32. The third kappa shape index (κ3) is 2.86. The van der Waals surface area contributed by atoms with Crippen LogP contribution in [0.2, 0.25) is 0 Å². The first-order valence-corrected chi connectivity index (χ1v) is 9.31. The van der Waals surface area contributed by atoms with Crippen molar-refractivity contribution in [1.29, 1.82) is 0 Å². The van der Waals surface area contributed by atoms with Crippen LogP contribution in [0.25, 0.3) is 22.4 Å². The van der Waals surface area contributed by atoms with E-state index < -0.39 is 11.8 Å². The SMILES string of the molecule is COc1cc(-c2onc(N3CC(c4nc5ccccc5[nH]4)C3)c2C(=O)O)ccc1F. The van der Waals surface area contributed by atoms with Gasteiger partial charge in [0.05, 0.1) is 24.1 Å². The summed E-state index contributed by atoms with van der Waals surface area (Å²) in [5.74, 6) is -0.431. The molecule has 2 aromatic carbocycles. The molecule has 2 aromatic heterocycles. The maximum absolute atomic E-state index is 13.7. The zero-order valence-electron chi connectivity index (χ0n) is 15.9. The number of hydrogen-bond donors (Lipinski definition) is 2. The van der Waals surface area contributed by atoms with Crippen LogP contribution in [0, 0.1) is 5.82 Å². The molecule has 0 radical (unpaired) electrons. The quantitative estimate of drug-likeness (QED) is 0.519. The van der Waals surface area contributed by atoms with Gasteiger partial charge in [-0.25, -0.2) is 14.2 Å². The van der Waals surface area contributed by atoms with Crippen LogP contribution >= 0.6 is 0 Å². The van der Waals surface area contributed by atoms with E-state index in [-0.39, 0.29) is 28.8 Å². The number of fused-ring (bicyclic) bond motifs is 1. The van der Waals surface area contributed by atoms with Crippen LogP contribution in [0.4, 0.5) is 10.2 Å². The summed E-state index contributed by atoms with van der Waals surface area (Å²) in [6.45, 7) is 1.11. The molecule has 9 heteroatoms. The molecule has 0 saturated carbocycles. The van der Waals surface area contributed by atoms with Crippen LogP contribution < -0.4 is 9.64 Å². The third-order valence-electron chi connectivity index (χ3n) is 5.28. The van der Waals surface area contributed by atoms with E-state index in [4.69, 9.17) is 9.26 Å². The molecule has 2 N–H and O–H groups in total. The number of carboxylic acid groups (broad SMARTS) is 1. The summed E-state index contributed by atoms with van der Waals surface area (Å²) in [6.07, 6.45) is 0. The number of methoxy groups -OCH3 is 1. The van der Waals surface area contributed by atoms with Gasteiger partial charge < -0.3 is 24.3 Å². The molecular formula is C21H17FN4O4. The Balaban J connectivity index is 1.43. The number of nitrogens with zero attached hydrogens (tertiary/aromatic N) is 3. The second kappa shape index (κ2) is 6.87. The molecule has 3 heterocycles. The maximum Gasteiger partial charge on any atom is 0.343 e. The van der Waals surface area contributed by atoms with Crippen molar-refractivity contribution in [2.24, 2.45) is 0 Å². The monoisotopic (exact) mass is 408 g/mol. The van der Waals surface area contributed by atoms with E-state index in [1.165, 1.54) is 25.3 Å². The normalized spacial score (nSPS) is 14.1. The Morgan fingerprint density at radius 1 is 1.30 bits per heavy atom. The number of rotatable bonds is 5. The van der Waals surface area contributed by atoms with E-state index in [1.807, 2.05) is 29.2 Å². The van der Waals surface area contributed by atoms with Gasteiger partial charge in [-0.2, -0.15) is 0 Å². The number of carboxylic acids is 1. The highest BCUT2D eigenvalue weighted by Crippen LogP contribution is 2.38. The Hall–Kier alpha value is -3.88. The van der Waals surface area contributed by atoms with Gasteiger partial charge in [0.25, 0.3) is 0 Å². The highest BCUT2D eigenvalue weighted by Gasteiger charge is 2.37. The number of para-hydroxylation sites is 2. The number of halogens is 1. The molecule has 5 rings (SSSR count). The van der Waals surface area contributed by atoms with Crippen LogP contribution in [0.5, 0.6) is 5.75 Å². The Morgan fingerprint density at radius 3 is 2.83 bits per heavy atom. The molecule has 1 aliphatic heterocycles. The molecule has 0 spiro atoms. The zero-order valence-corrected chi connectivity index (χ0v) is 15.9. The number of ether oxygens (including phenoxy) is 1. The van der Waals surface area contributed by atoms with Gasteiger partial charge in [0.1, 0.15) is 5.82 Å². The average molecular weight is 408 g/mol. The minimum absolute atomic E-state index is 0.00399. The summed E-state index contributed by atoms with van der Waals surface area (Å²) in [6, 6.07) is 11.8. The van der Waals surface area contributed by atoms with E-state index in [9.17, 15) is 14.3 Å². The van der Waals surface area contributed by atoms with Crippen molar-refractivity contribution in [3.63, 3.8) is 0 Å². The lowest BCUT2D eigenvalue weighted by molar-refractivity contribution is 0.0697. The summed E-state index contributed by atoms with van der Waals surface area (Å²) in [7, 11) is 1.34. The number of hydrogen-bond acceptors (Lipinski definition) is 6. The minimum atomic E-state index is -1.17. The third-order valence-corrected chi connectivity index (χ3v) is 5.28. The molecule has 0 atom stereocenters. The van der Waals surface area contributed by atoms with E-state index in [1.54, 1.807) is 0 Å². The number of aromatic carboxylic acids is 1. The van der Waals surface area contributed by atoms with E-state index in [2.05, 4.69) is 15.1 Å². The van der Waals surface area contributed by atoms with Crippen molar-refractivity contribution < 1.29 is 23.6 Å². The number of aromatic nitrogens is 3. The fourth-order valence-corrected chi connectivity index (χ4v) is 3.68. The standard InChI is InChI=1S/C21H17FN4O4/c1-29-16-8-11(6-7-13(16)22)18-17(21(27)28)20(25-30-18)26-9-12(10-26)19-23-14-4-2-3-5-15(14)24-19/h2-8,12H,9-10H2,1H3,(H,23,24)(H,27,28).